The van der Waals surface area contributed by atoms with E-state index in [0.717, 1.165) is 49.9 Å². The zero-order valence-corrected chi connectivity index (χ0v) is 12.2. The number of methoxy groups -OCH3 is 1. The van der Waals surface area contributed by atoms with Gasteiger partial charge in [0.15, 0.2) is 0 Å². The number of hydrogen-bond donors (Lipinski definition) is 2. The van der Waals surface area contributed by atoms with Gasteiger partial charge in [-0.2, -0.15) is 4.98 Å². The van der Waals surface area contributed by atoms with Crippen LogP contribution in [0.1, 0.15) is 24.2 Å². The highest BCUT2D eigenvalue weighted by Gasteiger charge is 2.19. The van der Waals surface area contributed by atoms with Gasteiger partial charge in [-0.15, -0.1) is 5.10 Å². The van der Waals surface area contributed by atoms with Gasteiger partial charge in [0.25, 0.3) is 0 Å². The SMILES string of the molecule is COc1ccc(Cc2nc(N3CCC(N)CC3)n[nH]2)cc1. The molecule has 6 heteroatoms. The predicted octanol–water partition coefficient (Wildman–Crippen LogP) is 1.33. The summed E-state index contributed by atoms with van der Waals surface area (Å²) in [5, 5.41) is 7.35. The van der Waals surface area contributed by atoms with Crippen LogP contribution in [0, 0.1) is 0 Å². The number of aromatic amines is 1. The highest BCUT2D eigenvalue weighted by molar-refractivity contribution is 5.32. The van der Waals surface area contributed by atoms with Crippen LogP contribution in [0.15, 0.2) is 24.3 Å². The van der Waals surface area contributed by atoms with Crippen molar-refractivity contribution in [1.82, 2.24) is 15.2 Å². The molecule has 0 bridgehead atoms. The number of H-pyrrole nitrogens is 1. The number of nitrogens with one attached hydrogen (secondary N) is 1. The van der Waals surface area contributed by atoms with E-state index in [1.54, 1.807) is 7.11 Å². The molecule has 0 amide bonds. The Labute approximate surface area is 124 Å². The van der Waals surface area contributed by atoms with Crippen LogP contribution in [0.2, 0.25) is 0 Å². The summed E-state index contributed by atoms with van der Waals surface area (Å²) in [7, 11) is 1.67. The van der Waals surface area contributed by atoms with Crippen molar-refractivity contribution >= 4 is 5.95 Å². The first kappa shape index (κ1) is 13.9. The molecule has 3 N–H and O–H groups in total. The topological polar surface area (TPSA) is 80.1 Å². The fourth-order valence-corrected chi connectivity index (χ4v) is 2.54. The maximum atomic E-state index is 5.92. The lowest BCUT2D eigenvalue weighted by molar-refractivity contribution is 0.414. The second-order valence-electron chi connectivity index (χ2n) is 5.43. The molecule has 0 aliphatic carbocycles. The van der Waals surface area contributed by atoms with E-state index in [9.17, 15) is 0 Å². The van der Waals surface area contributed by atoms with Gasteiger partial charge in [0.05, 0.1) is 7.11 Å². The Balaban J connectivity index is 1.64. The zero-order valence-electron chi connectivity index (χ0n) is 12.2. The molecule has 0 atom stereocenters. The molecule has 1 fully saturated rings. The minimum absolute atomic E-state index is 0.318. The third kappa shape index (κ3) is 3.33. The van der Waals surface area contributed by atoms with Crippen LogP contribution >= 0.6 is 0 Å². The fraction of sp³-hybridized carbons (Fsp3) is 0.467. The molecule has 6 nitrogen and oxygen atoms in total. The summed E-state index contributed by atoms with van der Waals surface area (Å²) < 4.78 is 5.16. The molecule has 0 spiro atoms. The quantitative estimate of drug-likeness (QED) is 0.887. The summed E-state index contributed by atoms with van der Waals surface area (Å²) in [6.45, 7) is 1.86. The van der Waals surface area contributed by atoms with Crippen molar-refractivity contribution in [2.24, 2.45) is 5.73 Å². The molecule has 21 heavy (non-hydrogen) atoms. The van der Waals surface area contributed by atoms with Crippen molar-refractivity contribution in [1.29, 1.82) is 0 Å². The number of ether oxygens (including phenoxy) is 1. The van der Waals surface area contributed by atoms with Crippen LogP contribution in [0.25, 0.3) is 0 Å². The van der Waals surface area contributed by atoms with E-state index in [-0.39, 0.29) is 0 Å². The van der Waals surface area contributed by atoms with Crippen LogP contribution in [0.4, 0.5) is 5.95 Å². The normalized spacial score (nSPS) is 16.2. The van der Waals surface area contributed by atoms with E-state index >= 15 is 0 Å². The van der Waals surface area contributed by atoms with Crippen LogP contribution < -0.4 is 15.4 Å². The minimum Gasteiger partial charge on any atom is -0.497 e. The first-order valence-electron chi connectivity index (χ1n) is 7.29. The number of piperidine rings is 1. The molecule has 1 aliphatic rings. The second-order valence-corrected chi connectivity index (χ2v) is 5.43. The largest absolute Gasteiger partial charge is 0.497 e. The molecule has 2 heterocycles. The Hall–Kier alpha value is -2.08. The number of aromatic nitrogens is 3. The number of anilines is 1. The van der Waals surface area contributed by atoms with Gasteiger partial charge in [-0.3, -0.25) is 5.10 Å². The lowest BCUT2D eigenvalue weighted by Gasteiger charge is -2.28. The van der Waals surface area contributed by atoms with E-state index < -0.39 is 0 Å². The maximum absolute atomic E-state index is 5.92. The molecular weight excluding hydrogens is 266 g/mol. The monoisotopic (exact) mass is 287 g/mol. The Kier molecular flexibility index (Phi) is 4.06. The molecule has 1 aromatic heterocycles. The molecule has 0 radical (unpaired) electrons. The van der Waals surface area contributed by atoms with Crippen LogP contribution in [0.5, 0.6) is 5.75 Å². The summed E-state index contributed by atoms with van der Waals surface area (Å²) in [6.07, 6.45) is 2.75. The summed E-state index contributed by atoms with van der Waals surface area (Å²) in [5.41, 5.74) is 7.10. The lowest BCUT2D eigenvalue weighted by atomic mass is 10.1. The van der Waals surface area contributed by atoms with Gasteiger partial charge in [0.2, 0.25) is 5.95 Å². The van der Waals surface area contributed by atoms with Crippen LogP contribution in [-0.2, 0) is 6.42 Å². The van der Waals surface area contributed by atoms with Gasteiger partial charge >= 0.3 is 0 Å². The third-order valence-corrected chi connectivity index (χ3v) is 3.87. The maximum Gasteiger partial charge on any atom is 0.244 e. The van der Waals surface area contributed by atoms with Crippen molar-refractivity contribution < 1.29 is 4.74 Å². The van der Waals surface area contributed by atoms with Gasteiger partial charge < -0.3 is 15.4 Å². The molecule has 3 rings (SSSR count). The average Bonchev–Trinajstić information content (AvgIpc) is 2.97. The van der Waals surface area contributed by atoms with Crippen molar-refractivity contribution in [3.63, 3.8) is 0 Å². The molecule has 2 aromatic rings. The Bertz CT molecular complexity index is 572. The van der Waals surface area contributed by atoms with Gasteiger partial charge in [-0.1, -0.05) is 12.1 Å². The van der Waals surface area contributed by atoms with Crippen molar-refractivity contribution in [3.8, 4) is 5.75 Å². The van der Waals surface area contributed by atoms with E-state index in [0.29, 0.717) is 6.04 Å². The van der Waals surface area contributed by atoms with E-state index in [2.05, 4.69) is 20.1 Å². The Morgan fingerprint density at radius 2 is 2.00 bits per heavy atom. The summed E-state index contributed by atoms with van der Waals surface area (Å²) >= 11 is 0. The van der Waals surface area contributed by atoms with E-state index in [1.807, 2.05) is 24.3 Å². The van der Waals surface area contributed by atoms with Crippen LogP contribution in [-0.4, -0.2) is 41.4 Å². The minimum atomic E-state index is 0.318. The predicted molar refractivity (Wildman–Crippen MR) is 81.6 cm³/mol. The number of hydrogen-bond acceptors (Lipinski definition) is 5. The first-order valence-corrected chi connectivity index (χ1v) is 7.29. The molecule has 1 aliphatic heterocycles. The second kappa shape index (κ2) is 6.13. The highest BCUT2D eigenvalue weighted by Crippen LogP contribution is 2.17. The van der Waals surface area contributed by atoms with Crippen molar-refractivity contribution in [2.45, 2.75) is 25.3 Å². The van der Waals surface area contributed by atoms with E-state index in [4.69, 9.17) is 10.5 Å². The molecule has 1 saturated heterocycles. The van der Waals surface area contributed by atoms with Gasteiger partial charge in [-0.05, 0) is 30.5 Å². The number of benzene rings is 1. The number of nitrogens with zero attached hydrogens (tertiary/aromatic N) is 3. The molecular formula is C15H21N5O. The summed E-state index contributed by atoms with van der Waals surface area (Å²) in [6, 6.07) is 8.32. The lowest BCUT2D eigenvalue weighted by Crippen LogP contribution is -2.40. The fourth-order valence-electron chi connectivity index (χ4n) is 2.54. The molecule has 0 unspecified atom stereocenters. The first-order chi connectivity index (χ1) is 10.2. The summed E-state index contributed by atoms with van der Waals surface area (Å²) in [4.78, 5) is 6.78. The van der Waals surface area contributed by atoms with Gasteiger partial charge in [0.1, 0.15) is 11.6 Å². The molecule has 1 aromatic carbocycles. The third-order valence-electron chi connectivity index (χ3n) is 3.87. The van der Waals surface area contributed by atoms with E-state index in [1.165, 1.54) is 5.56 Å². The average molecular weight is 287 g/mol. The van der Waals surface area contributed by atoms with Crippen LogP contribution in [0.3, 0.4) is 0 Å². The smallest absolute Gasteiger partial charge is 0.244 e. The summed E-state index contributed by atoms with van der Waals surface area (Å²) in [5.74, 6) is 2.53. The highest BCUT2D eigenvalue weighted by atomic mass is 16.5. The number of rotatable bonds is 4. The van der Waals surface area contributed by atoms with Gasteiger partial charge in [0, 0.05) is 25.6 Å². The molecule has 0 saturated carbocycles. The van der Waals surface area contributed by atoms with Gasteiger partial charge in [-0.25, -0.2) is 0 Å². The zero-order chi connectivity index (χ0) is 14.7. The number of nitrogens with two attached hydrogens (primary N) is 1. The van der Waals surface area contributed by atoms with Crippen molar-refractivity contribution in [3.05, 3.63) is 35.7 Å². The Morgan fingerprint density at radius 3 is 2.67 bits per heavy atom. The Morgan fingerprint density at radius 1 is 1.29 bits per heavy atom. The van der Waals surface area contributed by atoms with Crippen molar-refractivity contribution in [2.75, 3.05) is 25.1 Å². The molecule has 112 valence electrons. The standard InChI is InChI=1S/C15H21N5O/c1-21-13-4-2-11(3-5-13)10-14-17-15(19-18-14)20-8-6-12(16)7-9-20/h2-5,12H,6-10,16H2,1H3,(H,17,18,19).